The minimum atomic E-state index is 0.411. The third-order valence-electron chi connectivity index (χ3n) is 3.03. The van der Waals surface area contributed by atoms with Crippen LogP contribution in [0, 0.1) is 17.2 Å². The normalized spacial score (nSPS) is 17.1. The van der Waals surface area contributed by atoms with Gasteiger partial charge in [0.2, 0.25) is 0 Å². The summed E-state index contributed by atoms with van der Waals surface area (Å²) in [5.74, 6) is 1.32. The molecular formula is C11H15N5. The van der Waals surface area contributed by atoms with E-state index in [4.69, 9.17) is 11.0 Å². The molecule has 2 heterocycles. The molecular weight excluding hydrogens is 202 g/mol. The number of piperidine rings is 1. The number of anilines is 1. The summed E-state index contributed by atoms with van der Waals surface area (Å²) >= 11 is 0. The molecule has 0 amide bonds. The van der Waals surface area contributed by atoms with E-state index in [1.807, 2.05) is 0 Å². The molecule has 5 nitrogen and oxygen atoms in total. The van der Waals surface area contributed by atoms with Crippen LogP contribution in [0.5, 0.6) is 0 Å². The summed E-state index contributed by atoms with van der Waals surface area (Å²) in [4.78, 5) is 10.4. The first-order valence-electron chi connectivity index (χ1n) is 5.51. The van der Waals surface area contributed by atoms with Crippen LogP contribution in [-0.2, 0) is 0 Å². The van der Waals surface area contributed by atoms with E-state index in [0.717, 1.165) is 32.5 Å². The zero-order valence-corrected chi connectivity index (χ0v) is 9.13. The van der Waals surface area contributed by atoms with Gasteiger partial charge in [0.05, 0.1) is 0 Å². The Labute approximate surface area is 94.9 Å². The Hall–Kier alpha value is -1.67. The summed E-state index contributed by atoms with van der Waals surface area (Å²) in [5.41, 5.74) is 6.06. The van der Waals surface area contributed by atoms with Gasteiger partial charge in [-0.25, -0.2) is 9.97 Å². The van der Waals surface area contributed by atoms with Gasteiger partial charge in [0.15, 0.2) is 11.5 Å². The van der Waals surface area contributed by atoms with Crippen molar-refractivity contribution in [2.75, 3.05) is 24.5 Å². The topological polar surface area (TPSA) is 78.8 Å². The molecule has 0 spiro atoms. The average Bonchev–Trinajstić information content (AvgIpc) is 2.39. The maximum absolute atomic E-state index is 8.95. The first-order chi connectivity index (χ1) is 7.85. The van der Waals surface area contributed by atoms with Crippen LogP contribution in [0.25, 0.3) is 0 Å². The number of nitrogens with zero attached hydrogens (tertiary/aromatic N) is 4. The van der Waals surface area contributed by atoms with Crippen molar-refractivity contribution in [2.24, 2.45) is 11.7 Å². The fraction of sp³-hybridized carbons (Fsp3) is 0.545. The van der Waals surface area contributed by atoms with Crippen LogP contribution < -0.4 is 10.6 Å². The van der Waals surface area contributed by atoms with E-state index in [9.17, 15) is 0 Å². The van der Waals surface area contributed by atoms with Gasteiger partial charge < -0.3 is 10.6 Å². The van der Waals surface area contributed by atoms with Gasteiger partial charge in [-0.15, -0.1) is 0 Å². The largest absolute Gasteiger partial charge is 0.354 e. The molecule has 1 aliphatic heterocycles. The van der Waals surface area contributed by atoms with Crippen LogP contribution in [0.1, 0.15) is 18.5 Å². The number of nitriles is 1. The predicted octanol–water partition coefficient (Wildman–Crippen LogP) is 0.523. The molecule has 1 aromatic heterocycles. The molecule has 0 saturated carbocycles. The molecule has 0 radical (unpaired) electrons. The van der Waals surface area contributed by atoms with E-state index in [-0.39, 0.29) is 0 Å². The minimum absolute atomic E-state index is 0.411. The van der Waals surface area contributed by atoms with Crippen molar-refractivity contribution in [1.82, 2.24) is 9.97 Å². The van der Waals surface area contributed by atoms with Crippen LogP contribution in [0.4, 0.5) is 5.82 Å². The van der Waals surface area contributed by atoms with Crippen molar-refractivity contribution in [3.63, 3.8) is 0 Å². The fourth-order valence-electron chi connectivity index (χ4n) is 2.02. The van der Waals surface area contributed by atoms with Crippen molar-refractivity contribution >= 4 is 5.82 Å². The molecule has 1 aromatic rings. The second-order valence-electron chi connectivity index (χ2n) is 4.01. The third-order valence-corrected chi connectivity index (χ3v) is 3.03. The van der Waals surface area contributed by atoms with Gasteiger partial charge in [0.1, 0.15) is 6.07 Å². The van der Waals surface area contributed by atoms with Crippen molar-refractivity contribution in [2.45, 2.75) is 12.8 Å². The molecule has 2 N–H and O–H groups in total. The van der Waals surface area contributed by atoms with Crippen LogP contribution in [0.2, 0.25) is 0 Å². The summed E-state index contributed by atoms with van der Waals surface area (Å²) in [5, 5.41) is 8.95. The van der Waals surface area contributed by atoms with Crippen molar-refractivity contribution in [1.29, 1.82) is 5.26 Å². The van der Waals surface area contributed by atoms with Gasteiger partial charge in [-0.1, -0.05) is 0 Å². The summed E-state index contributed by atoms with van der Waals surface area (Å²) in [6, 6.07) is 2.08. The second kappa shape index (κ2) is 4.90. The Kier molecular flexibility index (Phi) is 3.32. The highest BCUT2D eigenvalue weighted by molar-refractivity contribution is 5.49. The standard InChI is InChI=1S/C11H15N5/c12-7-9-1-5-16(6-2-9)11-10(8-13)14-3-4-15-11/h3-4,9H,1-2,5-7,12H2. The fourth-order valence-corrected chi connectivity index (χ4v) is 2.02. The third kappa shape index (κ3) is 2.12. The minimum Gasteiger partial charge on any atom is -0.354 e. The Balaban J connectivity index is 2.11. The molecule has 16 heavy (non-hydrogen) atoms. The van der Waals surface area contributed by atoms with E-state index >= 15 is 0 Å². The Morgan fingerprint density at radius 1 is 1.38 bits per heavy atom. The van der Waals surface area contributed by atoms with E-state index in [2.05, 4.69) is 20.9 Å². The lowest BCUT2D eigenvalue weighted by atomic mass is 9.97. The van der Waals surface area contributed by atoms with Crippen molar-refractivity contribution in [3.8, 4) is 6.07 Å². The quantitative estimate of drug-likeness (QED) is 0.781. The molecule has 1 fully saturated rings. The molecule has 0 aromatic carbocycles. The van der Waals surface area contributed by atoms with Crippen LogP contribution in [0.15, 0.2) is 12.4 Å². The number of hydrogen-bond acceptors (Lipinski definition) is 5. The summed E-state index contributed by atoms with van der Waals surface area (Å²) in [7, 11) is 0. The number of hydrogen-bond donors (Lipinski definition) is 1. The summed E-state index contributed by atoms with van der Waals surface area (Å²) in [6.07, 6.45) is 5.32. The van der Waals surface area contributed by atoms with Gasteiger partial charge >= 0.3 is 0 Å². The smallest absolute Gasteiger partial charge is 0.183 e. The molecule has 0 unspecified atom stereocenters. The number of nitrogens with two attached hydrogens (primary N) is 1. The Morgan fingerprint density at radius 3 is 2.69 bits per heavy atom. The maximum atomic E-state index is 8.95. The molecule has 0 aliphatic carbocycles. The van der Waals surface area contributed by atoms with Crippen molar-refractivity contribution < 1.29 is 0 Å². The lowest BCUT2D eigenvalue weighted by molar-refractivity contribution is 0.412. The summed E-state index contributed by atoms with van der Waals surface area (Å²) < 4.78 is 0. The molecule has 1 saturated heterocycles. The second-order valence-corrected chi connectivity index (χ2v) is 4.01. The molecule has 84 valence electrons. The van der Waals surface area contributed by atoms with Crippen molar-refractivity contribution in [3.05, 3.63) is 18.1 Å². The molecule has 5 heteroatoms. The highest BCUT2D eigenvalue weighted by Gasteiger charge is 2.21. The van der Waals surface area contributed by atoms with E-state index in [1.165, 1.54) is 0 Å². The number of aromatic nitrogens is 2. The van der Waals surface area contributed by atoms with Crippen LogP contribution in [-0.4, -0.2) is 29.6 Å². The van der Waals surface area contributed by atoms with Gasteiger partial charge in [-0.05, 0) is 25.3 Å². The lowest BCUT2D eigenvalue weighted by Gasteiger charge is -2.32. The van der Waals surface area contributed by atoms with Crippen LogP contribution >= 0.6 is 0 Å². The van der Waals surface area contributed by atoms with Crippen LogP contribution in [0.3, 0.4) is 0 Å². The highest BCUT2D eigenvalue weighted by Crippen LogP contribution is 2.22. The van der Waals surface area contributed by atoms with E-state index in [0.29, 0.717) is 17.4 Å². The SMILES string of the molecule is N#Cc1nccnc1N1CCC(CN)CC1. The van der Waals surface area contributed by atoms with E-state index in [1.54, 1.807) is 12.4 Å². The zero-order chi connectivity index (χ0) is 11.4. The average molecular weight is 217 g/mol. The van der Waals surface area contributed by atoms with Gasteiger partial charge in [0.25, 0.3) is 0 Å². The molecule has 0 atom stereocenters. The Bertz CT molecular complexity index is 390. The lowest BCUT2D eigenvalue weighted by Crippen LogP contribution is -2.37. The highest BCUT2D eigenvalue weighted by atomic mass is 15.2. The zero-order valence-electron chi connectivity index (χ0n) is 9.13. The first-order valence-corrected chi connectivity index (χ1v) is 5.51. The first kappa shape index (κ1) is 10.8. The maximum Gasteiger partial charge on any atom is 0.183 e. The predicted molar refractivity (Wildman–Crippen MR) is 60.7 cm³/mol. The summed E-state index contributed by atoms with van der Waals surface area (Å²) in [6.45, 7) is 2.57. The van der Waals surface area contributed by atoms with Gasteiger partial charge in [0, 0.05) is 25.5 Å². The van der Waals surface area contributed by atoms with E-state index < -0.39 is 0 Å². The Morgan fingerprint density at radius 2 is 2.06 bits per heavy atom. The number of rotatable bonds is 2. The molecule has 0 bridgehead atoms. The molecule has 2 rings (SSSR count). The van der Waals surface area contributed by atoms with Gasteiger partial charge in [-0.2, -0.15) is 5.26 Å². The monoisotopic (exact) mass is 217 g/mol. The van der Waals surface area contributed by atoms with Gasteiger partial charge in [-0.3, -0.25) is 0 Å². The molecule has 1 aliphatic rings.